The molecular formula is C27H32N2O3S. The van der Waals surface area contributed by atoms with Gasteiger partial charge in [-0.1, -0.05) is 60.7 Å². The normalized spacial score (nSPS) is 13.4. The van der Waals surface area contributed by atoms with Crippen molar-refractivity contribution < 1.29 is 13.2 Å². The van der Waals surface area contributed by atoms with E-state index in [0.29, 0.717) is 4.90 Å². The van der Waals surface area contributed by atoms with Crippen molar-refractivity contribution in [3.8, 4) is 0 Å². The number of carbonyl (C=O) groups excluding carboxylic acids is 1. The molecule has 6 heteroatoms. The van der Waals surface area contributed by atoms with Crippen LogP contribution in [0.25, 0.3) is 0 Å². The van der Waals surface area contributed by atoms with Crippen LogP contribution >= 0.6 is 0 Å². The van der Waals surface area contributed by atoms with Gasteiger partial charge in [-0.3, -0.25) is 4.79 Å². The molecule has 0 aliphatic carbocycles. The highest BCUT2D eigenvalue weighted by Gasteiger charge is 2.32. The van der Waals surface area contributed by atoms with Crippen molar-refractivity contribution in [2.45, 2.75) is 58.5 Å². The maximum atomic E-state index is 13.9. The molecule has 2 N–H and O–H groups in total. The third-order valence-corrected chi connectivity index (χ3v) is 8.21. The van der Waals surface area contributed by atoms with Crippen molar-refractivity contribution in [1.82, 2.24) is 10.0 Å². The molecule has 2 atom stereocenters. The average molecular weight is 465 g/mol. The van der Waals surface area contributed by atoms with Crippen LogP contribution in [-0.4, -0.2) is 14.3 Å². The van der Waals surface area contributed by atoms with Crippen molar-refractivity contribution in [1.29, 1.82) is 0 Å². The summed E-state index contributed by atoms with van der Waals surface area (Å²) in [6.07, 6.45) is 0. The molecule has 0 aliphatic heterocycles. The molecule has 3 aromatic carbocycles. The Hall–Kier alpha value is -2.96. The first kappa shape index (κ1) is 24.7. The molecule has 0 aliphatic rings. The quantitative estimate of drug-likeness (QED) is 0.509. The Labute approximate surface area is 197 Å². The van der Waals surface area contributed by atoms with Gasteiger partial charge in [0, 0.05) is 6.92 Å². The van der Waals surface area contributed by atoms with Crippen LogP contribution < -0.4 is 10.0 Å². The fourth-order valence-corrected chi connectivity index (χ4v) is 6.16. The first-order valence-corrected chi connectivity index (χ1v) is 12.5. The third-order valence-electron chi connectivity index (χ3n) is 6.49. The van der Waals surface area contributed by atoms with Gasteiger partial charge in [-0.05, 0) is 73.6 Å². The zero-order valence-corrected chi connectivity index (χ0v) is 20.9. The highest BCUT2D eigenvalue weighted by Crippen LogP contribution is 2.34. The summed E-state index contributed by atoms with van der Waals surface area (Å²) in [7, 11) is -3.92. The van der Waals surface area contributed by atoms with Crippen LogP contribution in [0.1, 0.15) is 58.0 Å². The SMILES string of the molecule is CC(=O)N[C@@H](c1ccccc1)[C@@H](NS(=O)(=O)c1c(C)c(C)c(C)c(C)c1C)c1ccccc1. The van der Waals surface area contributed by atoms with Crippen molar-refractivity contribution in [3.05, 3.63) is 99.6 Å². The molecule has 0 radical (unpaired) electrons. The number of carbonyl (C=O) groups is 1. The smallest absolute Gasteiger partial charge is 0.241 e. The largest absolute Gasteiger partial charge is 0.348 e. The van der Waals surface area contributed by atoms with E-state index in [2.05, 4.69) is 10.0 Å². The predicted octanol–water partition coefficient (Wildman–Crippen LogP) is 5.13. The Morgan fingerprint density at radius 2 is 1.06 bits per heavy atom. The Balaban J connectivity index is 2.19. The molecule has 174 valence electrons. The van der Waals surface area contributed by atoms with Gasteiger partial charge < -0.3 is 5.32 Å². The van der Waals surface area contributed by atoms with Gasteiger partial charge >= 0.3 is 0 Å². The van der Waals surface area contributed by atoms with Crippen molar-refractivity contribution in [2.75, 3.05) is 0 Å². The minimum Gasteiger partial charge on any atom is -0.348 e. The highest BCUT2D eigenvalue weighted by molar-refractivity contribution is 7.89. The van der Waals surface area contributed by atoms with Gasteiger partial charge in [-0.25, -0.2) is 13.1 Å². The van der Waals surface area contributed by atoms with Gasteiger partial charge in [-0.2, -0.15) is 0 Å². The summed E-state index contributed by atoms with van der Waals surface area (Å²) in [6.45, 7) is 11.1. The monoisotopic (exact) mass is 464 g/mol. The van der Waals surface area contributed by atoms with E-state index in [9.17, 15) is 13.2 Å². The molecule has 0 heterocycles. The molecule has 3 aromatic rings. The number of benzene rings is 3. The van der Waals surface area contributed by atoms with E-state index in [0.717, 1.165) is 38.9 Å². The summed E-state index contributed by atoms with van der Waals surface area (Å²) in [6, 6.07) is 17.5. The lowest BCUT2D eigenvalue weighted by Crippen LogP contribution is -2.40. The Morgan fingerprint density at radius 3 is 1.48 bits per heavy atom. The van der Waals surface area contributed by atoms with Gasteiger partial charge in [0.1, 0.15) is 0 Å². The maximum absolute atomic E-state index is 13.9. The van der Waals surface area contributed by atoms with Crippen molar-refractivity contribution in [2.24, 2.45) is 0 Å². The second-order valence-corrected chi connectivity index (χ2v) is 10.2. The molecule has 0 aromatic heterocycles. The molecule has 0 unspecified atom stereocenters. The fraction of sp³-hybridized carbons (Fsp3) is 0.296. The summed E-state index contributed by atoms with van der Waals surface area (Å²) in [5.41, 5.74) is 6.10. The number of rotatable bonds is 7. The van der Waals surface area contributed by atoms with E-state index in [-0.39, 0.29) is 5.91 Å². The second kappa shape index (κ2) is 9.89. The maximum Gasteiger partial charge on any atom is 0.241 e. The summed E-state index contributed by atoms with van der Waals surface area (Å²) in [4.78, 5) is 12.4. The Kier molecular flexibility index (Phi) is 7.40. The standard InChI is InChI=1S/C27H32N2O3S/c1-17-18(2)20(4)27(21(5)19(17)3)33(31,32)29-26(24-15-11-8-12-16-24)25(28-22(6)30)23-13-9-7-10-14-23/h7-16,25-26,29H,1-6H3,(H,28,30)/t25-,26-/m0/s1. The van der Waals surface area contributed by atoms with Gasteiger partial charge in [0.25, 0.3) is 0 Å². The summed E-state index contributed by atoms with van der Waals surface area (Å²) >= 11 is 0. The Bertz CT molecular complexity index is 1220. The number of hydrogen-bond acceptors (Lipinski definition) is 3. The van der Waals surface area contributed by atoms with E-state index in [1.807, 2.05) is 95.3 Å². The summed E-state index contributed by atoms with van der Waals surface area (Å²) < 4.78 is 30.7. The van der Waals surface area contributed by atoms with E-state index in [1.54, 1.807) is 0 Å². The van der Waals surface area contributed by atoms with Crippen LogP contribution in [0.15, 0.2) is 65.6 Å². The topological polar surface area (TPSA) is 75.3 Å². The molecule has 0 saturated carbocycles. The summed E-state index contributed by atoms with van der Waals surface area (Å²) in [5, 5.41) is 2.96. The van der Waals surface area contributed by atoms with E-state index < -0.39 is 22.1 Å². The molecule has 3 rings (SSSR count). The minimum absolute atomic E-state index is 0.238. The Morgan fingerprint density at radius 1 is 0.667 bits per heavy atom. The highest BCUT2D eigenvalue weighted by atomic mass is 32.2. The van der Waals surface area contributed by atoms with E-state index in [4.69, 9.17) is 0 Å². The number of amides is 1. The number of nitrogens with one attached hydrogen (secondary N) is 2. The first-order valence-electron chi connectivity index (χ1n) is 11.0. The second-order valence-electron chi connectivity index (χ2n) is 8.55. The van der Waals surface area contributed by atoms with Crippen molar-refractivity contribution >= 4 is 15.9 Å². The van der Waals surface area contributed by atoms with Crippen molar-refractivity contribution in [3.63, 3.8) is 0 Å². The zero-order valence-electron chi connectivity index (χ0n) is 20.1. The van der Waals surface area contributed by atoms with Gasteiger partial charge in [-0.15, -0.1) is 0 Å². The first-order chi connectivity index (χ1) is 15.5. The molecule has 0 bridgehead atoms. The number of sulfonamides is 1. The molecule has 0 saturated heterocycles. The molecule has 33 heavy (non-hydrogen) atoms. The van der Waals surface area contributed by atoms with Crippen LogP contribution in [0.5, 0.6) is 0 Å². The summed E-state index contributed by atoms with van der Waals surface area (Å²) in [5.74, 6) is -0.238. The predicted molar refractivity (Wildman–Crippen MR) is 133 cm³/mol. The number of hydrogen-bond donors (Lipinski definition) is 2. The zero-order chi connectivity index (χ0) is 24.3. The lowest BCUT2D eigenvalue weighted by molar-refractivity contribution is -0.119. The van der Waals surface area contributed by atoms with Gasteiger partial charge in [0.15, 0.2) is 0 Å². The minimum atomic E-state index is -3.92. The van der Waals surface area contributed by atoms with E-state index >= 15 is 0 Å². The fourth-order valence-electron chi connectivity index (χ4n) is 4.32. The van der Waals surface area contributed by atoms with Crippen LogP contribution in [0.2, 0.25) is 0 Å². The molecule has 1 amide bonds. The molecular weight excluding hydrogens is 432 g/mol. The van der Waals surface area contributed by atoms with Crippen LogP contribution in [0.4, 0.5) is 0 Å². The lowest BCUT2D eigenvalue weighted by atomic mass is 9.94. The molecule has 0 fully saturated rings. The molecule has 0 spiro atoms. The van der Waals surface area contributed by atoms with Gasteiger partial charge in [0.2, 0.25) is 15.9 Å². The third kappa shape index (κ3) is 5.18. The van der Waals surface area contributed by atoms with Crippen LogP contribution in [0, 0.1) is 34.6 Å². The average Bonchev–Trinajstić information content (AvgIpc) is 2.79. The van der Waals surface area contributed by atoms with Crippen LogP contribution in [0.3, 0.4) is 0 Å². The molecule has 5 nitrogen and oxygen atoms in total. The van der Waals surface area contributed by atoms with Gasteiger partial charge in [0.05, 0.1) is 17.0 Å². The van der Waals surface area contributed by atoms with Crippen LogP contribution in [-0.2, 0) is 14.8 Å². The van der Waals surface area contributed by atoms with E-state index in [1.165, 1.54) is 6.92 Å². The lowest BCUT2D eigenvalue weighted by Gasteiger charge is -2.30.